The molecule has 2 aromatic heterocycles. The number of rotatable bonds is 5. The second-order valence-electron chi connectivity index (χ2n) is 9.56. The van der Waals surface area contributed by atoms with Crippen molar-refractivity contribution in [2.45, 2.75) is 25.9 Å². The van der Waals surface area contributed by atoms with E-state index in [2.05, 4.69) is 16.8 Å². The summed E-state index contributed by atoms with van der Waals surface area (Å²) in [5.41, 5.74) is 5.42. The predicted octanol–water partition coefficient (Wildman–Crippen LogP) is 6.15. The van der Waals surface area contributed by atoms with Crippen LogP contribution in [-0.4, -0.2) is 38.4 Å². The number of para-hydroxylation sites is 2. The van der Waals surface area contributed by atoms with Gasteiger partial charge in [-0.05, 0) is 48.4 Å². The van der Waals surface area contributed by atoms with Crippen LogP contribution >= 0.6 is 0 Å². The van der Waals surface area contributed by atoms with Crippen LogP contribution in [0.3, 0.4) is 0 Å². The number of esters is 1. The molecule has 0 radical (unpaired) electrons. The van der Waals surface area contributed by atoms with E-state index in [1.165, 1.54) is 7.11 Å². The molecule has 1 atom stereocenters. The van der Waals surface area contributed by atoms with Crippen LogP contribution in [0.15, 0.2) is 103 Å². The van der Waals surface area contributed by atoms with Gasteiger partial charge in [0.2, 0.25) is 0 Å². The lowest BCUT2D eigenvalue weighted by molar-refractivity contribution is 0.0602. The monoisotopic (exact) mass is 531 g/mol. The number of aromatic nitrogens is 3. The maximum Gasteiger partial charge on any atom is 0.339 e. The molecular formula is C32H29N5O3. The van der Waals surface area contributed by atoms with E-state index in [1.54, 1.807) is 24.3 Å². The highest BCUT2D eigenvalue weighted by atomic mass is 16.5. The Labute approximate surface area is 232 Å². The van der Waals surface area contributed by atoms with Crippen molar-refractivity contribution in [1.29, 1.82) is 0 Å². The molecule has 0 fully saturated rings. The number of aryl methyl sites for hydroxylation is 1. The number of methoxy groups -OCH3 is 1. The molecule has 8 nitrogen and oxygen atoms in total. The zero-order chi connectivity index (χ0) is 27.6. The van der Waals surface area contributed by atoms with E-state index >= 15 is 0 Å². The quantitative estimate of drug-likeness (QED) is 0.276. The number of hydrogen-bond acceptors (Lipinski definition) is 4. The average molecular weight is 532 g/mol. The molecule has 1 N–H and O–H groups in total. The Balaban J connectivity index is 1.53. The van der Waals surface area contributed by atoms with Crippen LogP contribution in [0.4, 0.5) is 10.5 Å². The number of hydrogen-bond donors (Lipinski definition) is 1. The molecule has 6 rings (SSSR count). The highest BCUT2D eigenvalue weighted by Gasteiger charge is 2.36. The van der Waals surface area contributed by atoms with Crippen LogP contribution in [-0.2, 0) is 17.7 Å². The maximum atomic E-state index is 14.2. The van der Waals surface area contributed by atoms with Gasteiger partial charge < -0.3 is 19.5 Å². The average Bonchev–Trinajstić information content (AvgIpc) is 3.59. The molecule has 3 heterocycles. The number of nitrogens with zero attached hydrogens (tertiary/aromatic N) is 4. The number of anilines is 1. The molecule has 0 bridgehead atoms. The minimum absolute atomic E-state index is 0.291. The summed E-state index contributed by atoms with van der Waals surface area (Å²) < 4.78 is 9.06. The number of carbonyl (C=O) groups excluding carboxylic acids is 2. The van der Waals surface area contributed by atoms with Crippen LogP contribution in [0.5, 0.6) is 0 Å². The lowest BCUT2D eigenvalue weighted by Gasteiger charge is -2.31. The van der Waals surface area contributed by atoms with Crippen molar-refractivity contribution in [2.75, 3.05) is 12.4 Å². The number of amides is 2. The summed E-state index contributed by atoms with van der Waals surface area (Å²) >= 11 is 0. The van der Waals surface area contributed by atoms with E-state index in [0.717, 1.165) is 34.0 Å². The van der Waals surface area contributed by atoms with Crippen molar-refractivity contribution in [3.63, 3.8) is 0 Å². The van der Waals surface area contributed by atoms with Gasteiger partial charge >= 0.3 is 12.0 Å². The van der Waals surface area contributed by atoms with Crippen molar-refractivity contribution in [3.05, 3.63) is 131 Å². The first-order valence-electron chi connectivity index (χ1n) is 13.2. The van der Waals surface area contributed by atoms with Crippen LogP contribution in [0.1, 0.15) is 45.8 Å². The van der Waals surface area contributed by atoms with Crippen molar-refractivity contribution in [3.8, 4) is 11.5 Å². The smallest absolute Gasteiger partial charge is 0.339 e. The normalized spacial score (nSPS) is 14.2. The van der Waals surface area contributed by atoms with E-state index in [4.69, 9.17) is 9.84 Å². The number of ether oxygens (including phenoxy) is 1. The Bertz CT molecular complexity index is 1670. The molecule has 0 saturated heterocycles. The lowest BCUT2D eigenvalue weighted by Crippen LogP contribution is -2.38. The van der Waals surface area contributed by atoms with Crippen molar-refractivity contribution < 1.29 is 14.3 Å². The molecule has 0 saturated carbocycles. The summed E-state index contributed by atoms with van der Waals surface area (Å²) in [4.78, 5) is 28.5. The molecule has 40 heavy (non-hydrogen) atoms. The van der Waals surface area contributed by atoms with Crippen molar-refractivity contribution in [1.82, 2.24) is 19.2 Å². The topological polar surface area (TPSA) is 81.4 Å². The standard InChI is InChI=1S/C32H29N5O3/c1-3-26-25-21-36(32(39)33-27-18-11-10-17-24(27)31(38)40-2)29(22-13-6-4-7-14-22)28-19-12-20-35(28)30(25)37(34-26)23-15-8-5-9-16-23/h4-20,29H,3,21H2,1-2H3,(H,33,39)/t29-/m1/s1. The number of urea groups is 1. The van der Waals surface area contributed by atoms with Crippen molar-refractivity contribution in [2.24, 2.45) is 0 Å². The zero-order valence-electron chi connectivity index (χ0n) is 22.3. The van der Waals surface area contributed by atoms with Crippen LogP contribution < -0.4 is 5.32 Å². The minimum atomic E-state index is -0.514. The maximum absolute atomic E-state index is 14.2. The fraction of sp³-hybridized carbons (Fsp3) is 0.156. The van der Waals surface area contributed by atoms with Crippen LogP contribution in [0, 0.1) is 0 Å². The van der Waals surface area contributed by atoms with E-state index in [0.29, 0.717) is 24.2 Å². The zero-order valence-corrected chi connectivity index (χ0v) is 22.3. The second kappa shape index (κ2) is 10.6. The number of benzene rings is 3. The summed E-state index contributed by atoms with van der Waals surface area (Å²) in [6, 6.07) is 30.2. The summed E-state index contributed by atoms with van der Waals surface area (Å²) in [5, 5.41) is 8.00. The largest absolute Gasteiger partial charge is 0.465 e. The molecule has 2 amide bonds. The molecule has 1 aliphatic heterocycles. The fourth-order valence-corrected chi connectivity index (χ4v) is 5.40. The lowest BCUT2D eigenvalue weighted by atomic mass is 10.0. The molecule has 0 spiro atoms. The Morgan fingerprint density at radius 1 is 0.925 bits per heavy atom. The highest BCUT2D eigenvalue weighted by Crippen LogP contribution is 2.39. The molecule has 5 aromatic rings. The van der Waals surface area contributed by atoms with Gasteiger partial charge in [0.1, 0.15) is 5.82 Å². The Hall–Kier alpha value is -5.11. The first-order valence-corrected chi connectivity index (χ1v) is 13.2. The molecule has 200 valence electrons. The second-order valence-corrected chi connectivity index (χ2v) is 9.56. The summed E-state index contributed by atoms with van der Waals surface area (Å²) in [6.45, 7) is 2.39. The summed E-state index contributed by atoms with van der Waals surface area (Å²) in [5.74, 6) is 0.397. The third-order valence-corrected chi connectivity index (χ3v) is 7.25. The molecule has 0 aliphatic carbocycles. The van der Waals surface area contributed by atoms with Gasteiger partial charge in [0.25, 0.3) is 0 Å². The highest BCUT2D eigenvalue weighted by molar-refractivity contribution is 6.01. The van der Waals surface area contributed by atoms with E-state index < -0.39 is 12.0 Å². The Morgan fingerprint density at radius 3 is 2.35 bits per heavy atom. The Morgan fingerprint density at radius 2 is 1.62 bits per heavy atom. The van der Waals surface area contributed by atoms with Crippen molar-refractivity contribution >= 4 is 17.7 Å². The van der Waals surface area contributed by atoms with Gasteiger partial charge in [-0.2, -0.15) is 5.10 Å². The van der Waals surface area contributed by atoms with Gasteiger partial charge in [-0.25, -0.2) is 14.3 Å². The summed E-state index contributed by atoms with van der Waals surface area (Å²) in [7, 11) is 1.33. The van der Waals surface area contributed by atoms with Gasteiger partial charge in [-0.15, -0.1) is 0 Å². The Kier molecular flexibility index (Phi) is 6.66. The first-order chi connectivity index (χ1) is 19.6. The molecule has 0 unspecified atom stereocenters. The van der Waals surface area contributed by atoms with Gasteiger partial charge in [0.05, 0.1) is 48.0 Å². The minimum Gasteiger partial charge on any atom is -0.465 e. The summed E-state index contributed by atoms with van der Waals surface area (Å²) in [6.07, 6.45) is 2.73. The molecule has 8 heteroatoms. The van der Waals surface area contributed by atoms with Gasteiger partial charge in [0, 0.05) is 11.8 Å². The molecular weight excluding hydrogens is 502 g/mol. The number of fused-ring (bicyclic) bond motifs is 3. The van der Waals surface area contributed by atoms with E-state index in [1.807, 2.05) is 88.6 Å². The van der Waals surface area contributed by atoms with Crippen LogP contribution in [0.2, 0.25) is 0 Å². The number of carbonyl (C=O) groups is 2. The van der Waals surface area contributed by atoms with Gasteiger partial charge in [-0.3, -0.25) is 0 Å². The number of nitrogens with one attached hydrogen (secondary N) is 1. The third-order valence-electron chi connectivity index (χ3n) is 7.25. The third kappa shape index (κ3) is 4.33. The van der Waals surface area contributed by atoms with Gasteiger partial charge in [-0.1, -0.05) is 67.6 Å². The van der Waals surface area contributed by atoms with Gasteiger partial charge in [0.15, 0.2) is 0 Å². The van der Waals surface area contributed by atoms with Crippen LogP contribution in [0.25, 0.3) is 11.5 Å². The van der Waals surface area contributed by atoms with E-state index in [9.17, 15) is 9.59 Å². The molecule has 1 aliphatic rings. The molecule has 3 aromatic carbocycles. The van der Waals surface area contributed by atoms with E-state index in [-0.39, 0.29) is 6.03 Å². The SMILES string of the molecule is CCc1nn(-c2ccccc2)c2c1CN(C(=O)Nc1ccccc1C(=O)OC)[C@H](c1ccccc1)c1cccn1-2. The fourth-order valence-electron chi connectivity index (χ4n) is 5.40. The first kappa shape index (κ1) is 25.2. The predicted molar refractivity (Wildman–Crippen MR) is 153 cm³/mol.